The zero-order valence-corrected chi connectivity index (χ0v) is 13.0. The summed E-state index contributed by atoms with van der Waals surface area (Å²) in [7, 11) is 0. The molecular weight excluding hydrogens is 278 g/mol. The lowest BCUT2D eigenvalue weighted by atomic mass is 10.0. The van der Waals surface area contributed by atoms with E-state index in [0.717, 1.165) is 29.0 Å². The molecule has 1 aliphatic rings. The Balaban J connectivity index is 1.62. The van der Waals surface area contributed by atoms with Crippen LogP contribution in [0.15, 0.2) is 30.5 Å². The highest BCUT2D eigenvalue weighted by molar-refractivity contribution is 5.78. The number of carbonyl (C=O) groups is 1. The fourth-order valence-corrected chi connectivity index (χ4v) is 2.75. The van der Waals surface area contributed by atoms with Gasteiger partial charge in [0.25, 0.3) is 5.91 Å². The summed E-state index contributed by atoms with van der Waals surface area (Å²) in [5.41, 5.74) is 3.36. The summed E-state index contributed by atoms with van der Waals surface area (Å²) < 4.78 is 5.77. The highest BCUT2D eigenvalue weighted by atomic mass is 16.5. The standard InChI is InChI=1S/C17H21N3O2/c1-12(2)14-5-3-4-6-16(14)22-11-17(21)20-8-7-15-13(10-20)9-18-19-15/h3-6,9,12H,7-8,10-11H2,1-2H3,(H,18,19). The normalized spacial score (nSPS) is 14.0. The number of rotatable bonds is 4. The molecule has 0 atom stereocenters. The fraction of sp³-hybridized carbons (Fsp3) is 0.412. The van der Waals surface area contributed by atoms with Crippen LogP contribution in [0, 0.1) is 0 Å². The van der Waals surface area contributed by atoms with Gasteiger partial charge in [-0.3, -0.25) is 9.89 Å². The molecule has 3 rings (SSSR count). The van der Waals surface area contributed by atoms with Crippen molar-refractivity contribution in [2.75, 3.05) is 13.2 Å². The van der Waals surface area contributed by atoms with Crippen LogP contribution in [0.3, 0.4) is 0 Å². The quantitative estimate of drug-likeness (QED) is 0.943. The minimum absolute atomic E-state index is 0.0189. The van der Waals surface area contributed by atoms with Crippen molar-refractivity contribution in [1.29, 1.82) is 0 Å². The van der Waals surface area contributed by atoms with Gasteiger partial charge in [-0.15, -0.1) is 0 Å². The Kier molecular flexibility index (Phi) is 4.13. The fourth-order valence-electron chi connectivity index (χ4n) is 2.75. The molecule has 0 radical (unpaired) electrons. The first kappa shape index (κ1) is 14.6. The van der Waals surface area contributed by atoms with Crippen molar-refractivity contribution < 1.29 is 9.53 Å². The number of benzene rings is 1. The van der Waals surface area contributed by atoms with Gasteiger partial charge in [0, 0.05) is 30.8 Å². The number of nitrogens with one attached hydrogen (secondary N) is 1. The van der Waals surface area contributed by atoms with Crippen LogP contribution in [0.25, 0.3) is 0 Å². The zero-order valence-electron chi connectivity index (χ0n) is 13.0. The van der Waals surface area contributed by atoms with Crippen LogP contribution in [0.2, 0.25) is 0 Å². The smallest absolute Gasteiger partial charge is 0.260 e. The zero-order chi connectivity index (χ0) is 15.5. The van der Waals surface area contributed by atoms with Crippen molar-refractivity contribution in [2.24, 2.45) is 0 Å². The topological polar surface area (TPSA) is 58.2 Å². The molecule has 0 saturated carbocycles. The molecule has 1 aromatic heterocycles. The Bertz CT molecular complexity index is 663. The first-order valence-electron chi connectivity index (χ1n) is 7.65. The van der Waals surface area contributed by atoms with Crippen LogP contribution in [0.5, 0.6) is 5.75 Å². The third-order valence-corrected chi connectivity index (χ3v) is 4.05. The molecule has 2 aromatic rings. The van der Waals surface area contributed by atoms with Gasteiger partial charge in [-0.25, -0.2) is 0 Å². The van der Waals surface area contributed by atoms with E-state index in [1.54, 1.807) is 6.20 Å². The Hall–Kier alpha value is -2.30. The van der Waals surface area contributed by atoms with Gasteiger partial charge in [-0.05, 0) is 17.5 Å². The van der Waals surface area contributed by atoms with E-state index in [1.165, 1.54) is 0 Å². The first-order chi connectivity index (χ1) is 10.6. The van der Waals surface area contributed by atoms with E-state index in [4.69, 9.17) is 4.74 Å². The van der Waals surface area contributed by atoms with Crippen LogP contribution in [-0.4, -0.2) is 34.2 Å². The van der Waals surface area contributed by atoms with Gasteiger partial charge in [0.05, 0.1) is 6.20 Å². The van der Waals surface area contributed by atoms with Crippen molar-refractivity contribution in [3.63, 3.8) is 0 Å². The second-order valence-electron chi connectivity index (χ2n) is 5.92. The molecule has 5 heteroatoms. The number of hydrogen-bond donors (Lipinski definition) is 1. The molecule has 1 amide bonds. The van der Waals surface area contributed by atoms with Crippen molar-refractivity contribution in [3.8, 4) is 5.75 Å². The molecule has 0 unspecified atom stereocenters. The summed E-state index contributed by atoms with van der Waals surface area (Å²) in [6.45, 7) is 5.64. The highest BCUT2D eigenvalue weighted by Gasteiger charge is 2.22. The maximum Gasteiger partial charge on any atom is 0.260 e. The third-order valence-electron chi connectivity index (χ3n) is 4.05. The number of amides is 1. The molecular formula is C17H21N3O2. The predicted molar refractivity (Wildman–Crippen MR) is 83.7 cm³/mol. The lowest BCUT2D eigenvalue weighted by Crippen LogP contribution is -2.38. The highest BCUT2D eigenvalue weighted by Crippen LogP contribution is 2.26. The SMILES string of the molecule is CC(C)c1ccccc1OCC(=O)N1CCc2[nH]ncc2C1. The molecule has 0 fully saturated rings. The van der Waals surface area contributed by atoms with Gasteiger partial charge >= 0.3 is 0 Å². The lowest BCUT2D eigenvalue weighted by molar-refractivity contribution is -0.134. The molecule has 1 N–H and O–H groups in total. The summed E-state index contributed by atoms with van der Waals surface area (Å²) >= 11 is 0. The van der Waals surface area contributed by atoms with Crippen molar-refractivity contribution >= 4 is 5.91 Å². The average molecular weight is 299 g/mol. The molecule has 5 nitrogen and oxygen atoms in total. The second kappa shape index (κ2) is 6.22. The van der Waals surface area contributed by atoms with Gasteiger partial charge in [-0.2, -0.15) is 5.10 Å². The number of carbonyl (C=O) groups excluding carboxylic acids is 1. The summed E-state index contributed by atoms with van der Waals surface area (Å²) in [5.74, 6) is 1.19. The van der Waals surface area contributed by atoms with Gasteiger partial charge < -0.3 is 9.64 Å². The van der Waals surface area contributed by atoms with Gasteiger partial charge in [0.1, 0.15) is 5.75 Å². The number of nitrogens with zero attached hydrogens (tertiary/aromatic N) is 2. The lowest BCUT2D eigenvalue weighted by Gasteiger charge is -2.26. The second-order valence-corrected chi connectivity index (χ2v) is 5.92. The Morgan fingerprint density at radius 2 is 2.23 bits per heavy atom. The first-order valence-corrected chi connectivity index (χ1v) is 7.65. The van der Waals surface area contributed by atoms with E-state index in [-0.39, 0.29) is 12.5 Å². The average Bonchev–Trinajstić information content (AvgIpc) is 3.00. The molecule has 0 saturated heterocycles. The number of para-hydroxylation sites is 1. The van der Waals surface area contributed by atoms with E-state index in [1.807, 2.05) is 29.2 Å². The molecule has 2 heterocycles. The van der Waals surface area contributed by atoms with Gasteiger partial charge in [0.2, 0.25) is 0 Å². The Morgan fingerprint density at radius 3 is 3.05 bits per heavy atom. The molecule has 22 heavy (non-hydrogen) atoms. The predicted octanol–water partition coefficient (Wildman–Crippen LogP) is 2.50. The van der Waals surface area contributed by atoms with E-state index in [2.05, 4.69) is 24.0 Å². The van der Waals surface area contributed by atoms with E-state index in [9.17, 15) is 4.79 Å². The van der Waals surface area contributed by atoms with Crippen molar-refractivity contribution in [3.05, 3.63) is 47.3 Å². The monoisotopic (exact) mass is 299 g/mol. The van der Waals surface area contributed by atoms with Gasteiger partial charge in [0.15, 0.2) is 6.61 Å². The van der Waals surface area contributed by atoms with E-state index in [0.29, 0.717) is 19.0 Å². The Labute approximate surface area is 130 Å². The van der Waals surface area contributed by atoms with E-state index < -0.39 is 0 Å². The largest absolute Gasteiger partial charge is 0.483 e. The molecule has 0 bridgehead atoms. The van der Waals surface area contributed by atoms with Gasteiger partial charge in [-0.1, -0.05) is 32.0 Å². The number of H-pyrrole nitrogens is 1. The maximum absolute atomic E-state index is 12.4. The van der Waals surface area contributed by atoms with Crippen molar-refractivity contribution in [1.82, 2.24) is 15.1 Å². The number of ether oxygens (including phenoxy) is 1. The van der Waals surface area contributed by atoms with Crippen molar-refractivity contribution in [2.45, 2.75) is 32.7 Å². The molecule has 0 spiro atoms. The number of aromatic amines is 1. The summed E-state index contributed by atoms with van der Waals surface area (Å²) in [6, 6.07) is 7.90. The summed E-state index contributed by atoms with van der Waals surface area (Å²) in [5, 5.41) is 7.00. The van der Waals surface area contributed by atoms with Crippen LogP contribution >= 0.6 is 0 Å². The summed E-state index contributed by atoms with van der Waals surface area (Å²) in [6.07, 6.45) is 2.62. The third kappa shape index (κ3) is 2.98. The van der Waals surface area contributed by atoms with Crippen LogP contribution < -0.4 is 4.74 Å². The Morgan fingerprint density at radius 1 is 1.41 bits per heavy atom. The van der Waals surface area contributed by atoms with Crippen LogP contribution in [-0.2, 0) is 17.8 Å². The summed E-state index contributed by atoms with van der Waals surface area (Å²) in [4.78, 5) is 14.2. The number of fused-ring (bicyclic) bond motifs is 1. The minimum atomic E-state index is 0.0189. The minimum Gasteiger partial charge on any atom is -0.483 e. The maximum atomic E-state index is 12.4. The molecule has 0 aliphatic carbocycles. The van der Waals surface area contributed by atoms with Crippen LogP contribution in [0.4, 0.5) is 0 Å². The van der Waals surface area contributed by atoms with Crippen LogP contribution in [0.1, 0.15) is 36.6 Å². The molecule has 1 aromatic carbocycles. The number of hydrogen-bond acceptors (Lipinski definition) is 3. The van der Waals surface area contributed by atoms with E-state index >= 15 is 0 Å². The molecule has 1 aliphatic heterocycles. The molecule has 116 valence electrons. The number of aromatic nitrogens is 2.